The van der Waals surface area contributed by atoms with Gasteiger partial charge in [0.15, 0.2) is 0 Å². The third kappa shape index (κ3) is 3.83. The van der Waals surface area contributed by atoms with Crippen LogP contribution in [0.1, 0.15) is 114 Å². The molecule has 0 spiro atoms. The largest absolute Gasteiger partial charge is 0.392 e. The van der Waals surface area contributed by atoms with Gasteiger partial charge in [0, 0.05) is 23.2 Å². The fourth-order valence-corrected chi connectivity index (χ4v) is 13.0. The average Bonchev–Trinajstić information content (AvgIpc) is 2.88. The van der Waals surface area contributed by atoms with Crippen LogP contribution in [0.4, 0.5) is 0 Å². The molecule has 0 radical (unpaired) electrons. The fraction of sp³-hybridized carbons (Fsp3) is 0.892. The molecule has 5 rings (SSSR count). The number of ketones is 2. The van der Waals surface area contributed by atoms with Crippen LogP contribution in [0.15, 0.2) is 12.2 Å². The van der Waals surface area contributed by atoms with Gasteiger partial charge in [0.25, 0.3) is 0 Å². The quantitative estimate of drug-likeness (QED) is 0.358. The molecule has 5 aliphatic carbocycles. The number of aliphatic hydroxyl groups excluding tert-OH is 1. The van der Waals surface area contributed by atoms with Gasteiger partial charge in [-0.2, -0.15) is 0 Å². The van der Waals surface area contributed by atoms with Gasteiger partial charge in [-0.1, -0.05) is 80.4 Å². The predicted molar refractivity (Wildman–Crippen MR) is 163 cm³/mol. The molecule has 3 nitrogen and oxygen atoms in total. The van der Waals surface area contributed by atoms with Gasteiger partial charge in [-0.05, 0) is 110 Å². The zero-order chi connectivity index (χ0) is 29.7. The molecule has 40 heavy (non-hydrogen) atoms. The van der Waals surface area contributed by atoms with Crippen LogP contribution in [0.3, 0.4) is 0 Å². The van der Waals surface area contributed by atoms with Crippen molar-refractivity contribution >= 4 is 11.6 Å². The van der Waals surface area contributed by atoms with Crippen LogP contribution in [-0.2, 0) is 9.59 Å². The Labute approximate surface area is 245 Å². The van der Waals surface area contributed by atoms with E-state index in [2.05, 4.69) is 68.9 Å². The third-order valence-electron chi connectivity index (χ3n) is 15.7. The second kappa shape index (κ2) is 10.1. The highest BCUT2D eigenvalue weighted by Gasteiger charge is 2.74. The Hall–Kier alpha value is -0.960. The van der Waals surface area contributed by atoms with Gasteiger partial charge in [-0.3, -0.25) is 9.59 Å². The molecular weight excluding hydrogens is 492 g/mol. The average molecular weight is 553 g/mol. The first kappa shape index (κ1) is 30.5. The Kier molecular flexibility index (Phi) is 7.67. The van der Waals surface area contributed by atoms with Crippen molar-refractivity contribution in [3.05, 3.63) is 12.2 Å². The number of aliphatic hydroxyl groups is 1. The molecule has 5 fully saturated rings. The second-order valence-corrected chi connectivity index (χ2v) is 16.8. The normalized spacial score (nSPS) is 56.5. The Bertz CT molecular complexity index is 1050. The lowest BCUT2D eigenvalue weighted by atomic mass is 9.29. The molecule has 3 heteroatoms. The molecule has 0 aromatic rings. The number of Topliss-reactive ketones (excluding diaryl/α,β-unsaturated/α-hetero) is 2. The van der Waals surface area contributed by atoms with E-state index in [4.69, 9.17) is 0 Å². The number of hydrogen-bond acceptors (Lipinski definition) is 3. The summed E-state index contributed by atoms with van der Waals surface area (Å²) in [5.74, 6) is 4.08. The maximum atomic E-state index is 15.1. The minimum absolute atomic E-state index is 0.0361. The molecular formula is C37H60O3. The lowest BCUT2D eigenvalue weighted by molar-refractivity contribution is -0.278. The van der Waals surface area contributed by atoms with E-state index in [0.29, 0.717) is 41.3 Å². The van der Waals surface area contributed by atoms with Crippen molar-refractivity contribution in [2.24, 2.45) is 87.3 Å². The molecule has 226 valence electrons. The molecule has 16 atom stereocenters. The van der Waals surface area contributed by atoms with E-state index in [0.717, 1.165) is 12.8 Å². The van der Waals surface area contributed by atoms with Gasteiger partial charge in [0.2, 0.25) is 0 Å². The molecule has 0 aromatic heterocycles. The minimum Gasteiger partial charge on any atom is -0.392 e. The zero-order valence-corrected chi connectivity index (χ0v) is 27.4. The van der Waals surface area contributed by atoms with Crippen LogP contribution in [0.25, 0.3) is 0 Å². The SMILES string of the molecule is C=C(C)C1CCCC(C2CCC(C)C3C(=O)C4C(C)C5(C)C(O)C(C(C)=O)C(C)CC5(C)C(C)C4(C)C(C)C23)C1. The summed E-state index contributed by atoms with van der Waals surface area (Å²) in [6.07, 6.45) is 7.81. The van der Waals surface area contributed by atoms with Gasteiger partial charge in [-0.25, -0.2) is 0 Å². The molecule has 0 heterocycles. The molecule has 0 bridgehead atoms. The van der Waals surface area contributed by atoms with Crippen LogP contribution in [-0.4, -0.2) is 22.8 Å². The topological polar surface area (TPSA) is 54.4 Å². The zero-order valence-electron chi connectivity index (χ0n) is 27.4. The van der Waals surface area contributed by atoms with Crippen molar-refractivity contribution < 1.29 is 14.7 Å². The summed E-state index contributed by atoms with van der Waals surface area (Å²) in [6, 6.07) is 0. The second-order valence-electron chi connectivity index (χ2n) is 16.8. The highest BCUT2D eigenvalue weighted by atomic mass is 16.3. The first-order chi connectivity index (χ1) is 18.5. The van der Waals surface area contributed by atoms with Gasteiger partial charge in [0.1, 0.15) is 11.6 Å². The van der Waals surface area contributed by atoms with E-state index < -0.39 is 11.5 Å². The standard InChI is InChI=1S/C37H60O3/c1-19(2)26-13-12-14-27(17-26)28-16-15-20(3)30-31(28)22(5)36(10)25(8)35(9)18-21(4)29(24(7)38)34(40)37(35,11)23(6)32(36)33(30)39/h20-23,25-32,34,40H,1,12-18H2,2-11H3. The monoisotopic (exact) mass is 552 g/mol. The summed E-state index contributed by atoms with van der Waals surface area (Å²) in [6.45, 7) is 27.1. The van der Waals surface area contributed by atoms with Crippen LogP contribution >= 0.6 is 0 Å². The summed E-state index contributed by atoms with van der Waals surface area (Å²) in [5, 5.41) is 12.1. The first-order valence-corrected chi connectivity index (χ1v) is 16.9. The third-order valence-corrected chi connectivity index (χ3v) is 15.7. The Balaban J connectivity index is 1.60. The number of carbonyl (C=O) groups excluding carboxylic acids is 2. The summed E-state index contributed by atoms with van der Waals surface area (Å²) in [4.78, 5) is 27.9. The lowest BCUT2D eigenvalue weighted by Crippen LogP contribution is -2.74. The maximum absolute atomic E-state index is 15.1. The molecule has 0 saturated heterocycles. The van der Waals surface area contributed by atoms with Crippen molar-refractivity contribution in [1.29, 1.82) is 0 Å². The van der Waals surface area contributed by atoms with Crippen molar-refractivity contribution in [1.82, 2.24) is 0 Å². The highest BCUT2D eigenvalue weighted by Crippen LogP contribution is 2.75. The predicted octanol–water partition coefficient (Wildman–Crippen LogP) is 8.39. The maximum Gasteiger partial charge on any atom is 0.140 e. The molecule has 1 N–H and O–H groups in total. The van der Waals surface area contributed by atoms with Gasteiger partial charge < -0.3 is 5.11 Å². The van der Waals surface area contributed by atoms with Crippen molar-refractivity contribution in [3.63, 3.8) is 0 Å². The highest BCUT2D eigenvalue weighted by molar-refractivity contribution is 5.87. The first-order valence-electron chi connectivity index (χ1n) is 16.9. The summed E-state index contributed by atoms with van der Waals surface area (Å²) < 4.78 is 0. The molecule has 0 amide bonds. The van der Waals surface area contributed by atoms with Crippen LogP contribution in [0.5, 0.6) is 0 Å². The summed E-state index contributed by atoms with van der Waals surface area (Å²) in [5.41, 5.74) is 0.611. The van der Waals surface area contributed by atoms with E-state index in [1.165, 1.54) is 37.7 Å². The Morgan fingerprint density at radius 2 is 1.57 bits per heavy atom. The van der Waals surface area contributed by atoms with Gasteiger partial charge in [-0.15, -0.1) is 0 Å². The summed E-state index contributed by atoms with van der Waals surface area (Å²) in [7, 11) is 0. The van der Waals surface area contributed by atoms with E-state index >= 15 is 4.79 Å². The van der Waals surface area contributed by atoms with Crippen molar-refractivity contribution in [2.75, 3.05) is 0 Å². The molecule has 0 aliphatic heterocycles. The van der Waals surface area contributed by atoms with Gasteiger partial charge >= 0.3 is 0 Å². The van der Waals surface area contributed by atoms with E-state index in [1.54, 1.807) is 6.92 Å². The minimum atomic E-state index is -0.709. The van der Waals surface area contributed by atoms with Crippen LogP contribution in [0, 0.1) is 87.3 Å². The number of fused-ring (bicyclic) bond motifs is 3. The van der Waals surface area contributed by atoms with Gasteiger partial charge in [0.05, 0.1) is 6.10 Å². The fourth-order valence-electron chi connectivity index (χ4n) is 13.0. The number of allylic oxidation sites excluding steroid dienone is 1. The Morgan fingerprint density at radius 3 is 2.17 bits per heavy atom. The number of carbonyl (C=O) groups is 2. The smallest absolute Gasteiger partial charge is 0.140 e. The molecule has 5 aliphatic rings. The lowest BCUT2D eigenvalue weighted by Gasteiger charge is -2.74. The van der Waals surface area contributed by atoms with Crippen LogP contribution < -0.4 is 0 Å². The molecule has 5 saturated carbocycles. The van der Waals surface area contributed by atoms with Crippen LogP contribution in [0.2, 0.25) is 0 Å². The molecule has 16 unspecified atom stereocenters. The number of hydrogen-bond donors (Lipinski definition) is 1. The van der Waals surface area contributed by atoms with E-state index in [-0.39, 0.29) is 52.1 Å². The Morgan fingerprint density at radius 1 is 0.925 bits per heavy atom. The summed E-state index contributed by atoms with van der Waals surface area (Å²) >= 11 is 0. The number of rotatable bonds is 3. The van der Waals surface area contributed by atoms with E-state index in [9.17, 15) is 9.90 Å². The van der Waals surface area contributed by atoms with Crippen molar-refractivity contribution in [3.8, 4) is 0 Å². The van der Waals surface area contributed by atoms with Crippen molar-refractivity contribution in [2.45, 2.75) is 120 Å². The van der Waals surface area contributed by atoms with E-state index in [1.807, 2.05) is 0 Å². The molecule has 0 aromatic carbocycles.